The molecule has 2 aliphatic rings. The Morgan fingerprint density at radius 1 is 1.05 bits per heavy atom. The Morgan fingerprint density at radius 3 is 2.57 bits per heavy atom. The monoisotopic (exact) mass is 281 g/mol. The van der Waals surface area contributed by atoms with Gasteiger partial charge < -0.3 is 5.32 Å². The highest BCUT2D eigenvalue weighted by Gasteiger charge is 2.45. The molecule has 3 nitrogen and oxygen atoms in total. The van der Waals surface area contributed by atoms with Gasteiger partial charge in [0.15, 0.2) is 0 Å². The zero-order valence-electron chi connectivity index (χ0n) is 12.7. The molecular weight excluding hydrogens is 258 g/mol. The third kappa shape index (κ3) is 2.50. The summed E-state index contributed by atoms with van der Waals surface area (Å²) in [5.74, 6) is 1.96. The maximum atomic E-state index is 4.46. The number of aromatic nitrogens is 2. The summed E-state index contributed by atoms with van der Waals surface area (Å²) in [6.07, 6.45) is 9.87. The first-order chi connectivity index (χ1) is 10.2. The van der Waals surface area contributed by atoms with Crippen LogP contribution in [0, 0.1) is 11.3 Å². The first-order valence-electron chi connectivity index (χ1n) is 8.21. The highest BCUT2D eigenvalue weighted by Crippen LogP contribution is 2.55. The van der Waals surface area contributed by atoms with E-state index in [-0.39, 0.29) is 0 Å². The van der Waals surface area contributed by atoms with Gasteiger partial charge in [0.2, 0.25) is 0 Å². The van der Waals surface area contributed by atoms with Crippen molar-refractivity contribution >= 4 is 16.7 Å². The van der Waals surface area contributed by atoms with Crippen LogP contribution >= 0.6 is 0 Å². The minimum Gasteiger partial charge on any atom is -0.367 e. The zero-order valence-corrected chi connectivity index (χ0v) is 12.7. The number of benzene rings is 1. The normalized spacial score (nSPS) is 27.5. The summed E-state index contributed by atoms with van der Waals surface area (Å²) >= 11 is 0. The van der Waals surface area contributed by atoms with Crippen LogP contribution in [0.4, 0.5) is 5.82 Å². The van der Waals surface area contributed by atoms with Crippen LogP contribution in [0.5, 0.6) is 0 Å². The standard InChI is InChI=1S/C18H23N3/c1-18(10-11-18)13-6-8-14(9-7-13)21-17-15-4-2-3-5-16(15)19-12-20-17/h2-5,12-14H,6-11H2,1H3,(H,19,20,21). The molecule has 4 rings (SSSR count). The molecule has 3 heteroatoms. The molecule has 2 saturated carbocycles. The third-order valence-corrected chi connectivity index (χ3v) is 5.64. The van der Waals surface area contributed by atoms with Crippen molar-refractivity contribution in [3.8, 4) is 0 Å². The zero-order chi connectivity index (χ0) is 14.3. The lowest BCUT2D eigenvalue weighted by Crippen LogP contribution is -2.29. The van der Waals surface area contributed by atoms with E-state index in [0.29, 0.717) is 11.5 Å². The number of fused-ring (bicyclic) bond motifs is 1. The molecule has 1 N–H and O–H groups in total. The van der Waals surface area contributed by atoms with Crippen molar-refractivity contribution in [1.82, 2.24) is 9.97 Å². The first-order valence-corrected chi connectivity index (χ1v) is 8.21. The number of hydrogen-bond acceptors (Lipinski definition) is 3. The molecule has 0 bridgehead atoms. The Hall–Kier alpha value is -1.64. The van der Waals surface area contributed by atoms with Gasteiger partial charge in [-0.15, -0.1) is 0 Å². The van der Waals surface area contributed by atoms with Gasteiger partial charge in [-0.2, -0.15) is 0 Å². The maximum absolute atomic E-state index is 4.46. The number of anilines is 1. The van der Waals surface area contributed by atoms with Gasteiger partial charge in [-0.05, 0) is 62.0 Å². The van der Waals surface area contributed by atoms with E-state index in [1.807, 2.05) is 12.1 Å². The van der Waals surface area contributed by atoms with Gasteiger partial charge in [-0.1, -0.05) is 19.1 Å². The Bertz CT molecular complexity index is 634. The molecule has 0 unspecified atom stereocenters. The maximum Gasteiger partial charge on any atom is 0.137 e. The summed E-state index contributed by atoms with van der Waals surface area (Å²) in [4.78, 5) is 8.80. The Morgan fingerprint density at radius 2 is 1.81 bits per heavy atom. The van der Waals surface area contributed by atoms with Crippen LogP contribution in [0.15, 0.2) is 30.6 Å². The van der Waals surface area contributed by atoms with Gasteiger partial charge in [0, 0.05) is 11.4 Å². The fourth-order valence-electron chi connectivity index (χ4n) is 3.85. The summed E-state index contributed by atoms with van der Waals surface area (Å²) in [6, 6.07) is 8.81. The molecule has 0 amide bonds. The number of hydrogen-bond donors (Lipinski definition) is 1. The van der Waals surface area contributed by atoms with E-state index < -0.39 is 0 Å². The van der Waals surface area contributed by atoms with Crippen molar-refractivity contribution in [3.63, 3.8) is 0 Å². The van der Waals surface area contributed by atoms with E-state index >= 15 is 0 Å². The van der Waals surface area contributed by atoms with Crippen LogP contribution in [0.25, 0.3) is 10.9 Å². The number of nitrogens with zero attached hydrogens (tertiary/aromatic N) is 2. The van der Waals surface area contributed by atoms with Crippen molar-refractivity contribution in [2.75, 3.05) is 5.32 Å². The van der Waals surface area contributed by atoms with Crippen LogP contribution in [-0.2, 0) is 0 Å². The Balaban J connectivity index is 1.46. The highest BCUT2D eigenvalue weighted by atomic mass is 15.0. The SMILES string of the molecule is CC1(C2CCC(Nc3ncnc4ccccc34)CC2)CC1. The first kappa shape index (κ1) is 13.1. The van der Waals surface area contributed by atoms with E-state index in [4.69, 9.17) is 0 Å². The van der Waals surface area contributed by atoms with Crippen molar-refractivity contribution in [2.45, 2.75) is 51.5 Å². The van der Waals surface area contributed by atoms with Crippen molar-refractivity contribution < 1.29 is 0 Å². The topological polar surface area (TPSA) is 37.8 Å². The number of para-hydroxylation sites is 1. The minimum atomic E-state index is 0.571. The lowest BCUT2D eigenvalue weighted by Gasteiger charge is -2.33. The minimum absolute atomic E-state index is 0.571. The van der Waals surface area contributed by atoms with Crippen molar-refractivity contribution in [2.24, 2.45) is 11.3 Å². The lowest BCUT2D eigenvalue weighted by molar-refractivity contribution is 0.235. The summed E-state index contributed by atoms with van der Waals surface area (Å²) in [7, 11) is 0. The van der Waals surface area contributed by atoms with Gasteiger partial charge in [0.25, 0.3) is 0 Å². The number of nitrogens with one attached hydrogen (secondary N) is 1. The molecule has 1 heterocycles. The summed E-state index contributed by atoms with van der Waals surface area (Å²) in [5, 5.41) is 4.80. The van der Waals surface area contributed by atoms with Crippen molar-refractivity contribution in [3.05, 3.63) is 30.6 Å². The van der Waals surface area contributed by atoms with Gasteiger partial charge in [-0.25, -0.2) is 9.97 Å². The van der Waals surface area contributed by atoms with Crippen LogP contribution in [0.2, 0.25) is 0 Å². The van der Waals surface area contributed by atoms with Gasteiger partial charge in [0.1, 0.15) is 12.1 Å². The lowest BCUT2D eigenvalue weighted by atomic mass is 9.77. The van der Waals surface area contributed by atoms with Crippen LogP contribution in [0.1, 0.15) is 45.4 Å². The van der Waals surface area contributed by atoms with Gasteiger partial charge >= 0.3 is 0 Å². The van der Waals surface area contributed by atoms with E-state index in [1.165, 1.54) is 38.5 Å². The van der Waals surface area contributed by atoms with Crippen molar-refractivity contribution in [1.29, 1.82) is 0 Å². The molecule has 110 valence electrons. The molecule has 21 heavy (non-hydrogen) atoms. The quantitative estimate of drug-likeness (QED) is 0.906. The second-order valence-corrected chi connectivity index (χ2v) is 7.09. The molecule has 2 aliphatic carbocycles. The van der Waals surface area contributed by atoms with E-state index in [9.17, 15) is 0 Å². The van der Waals surface area contributed by atoms with E-state index in [1.54, 1.807) is 6.33 Å². The molecule has 1 aromatic heterocycles. The molecule has 0 atom stereocenters. The van der Waals surface area contributed by atoms with E-state index in [2.05, 4.69) is 34.3 Å². The molecular formula is C18H23N3. The largest absolute Gasteiger partial charge is 0.367 e. The molecule has 0 radical (unpaired) electrons. The van der Waals surface area contributed by atoms with E-state index in [0.717, 1.165) is 22.6 Å². The van der Waals surface area contributed by atoms with Gasteiger partial charge in [0.05, 0.1) is 5.52 Å². The van der Waals surface area contributed by atoms with Crippen LogP contribution in [-0.4, -0.2) is 16.0 Å². The van der Waals surface area contributed by atoms with Gasteiger partial charge in [-0.3, -0.25) is 0 Å². The third-order valence-electron chi connectivity index (χ3n) is 5.64. The average molecular weight is 281 g/mol. The molecule has 0 spiro atoms. The fourth-order valence-corrected chi connectivity index (χ4v) is 3.85. The molecule has 0 saturated heterocycles. The predicted octanol–water partition coefficient (Wildman–Crippen LogP) is 4.40. The highest BCUT2D eigenvalue weighted by molar-refractivity contribution is 5.88. The second kappa shape index (κ2) is 4.97. The Labute approximate surface area is 126 Å². The summed E-state index contributed by atoms with van der Waals surface area (Å²) in [5.41, 5.74) is 1.71. The molecule has 0 aliphatic heterocycles. The smallest absolute Gasteiger partial charge is 0.137 e. The predicted molar refractivity (Wildman–Crippen MR) is 86.2 cm³/mol. The average Bonchev–Trinajstić information content (AvgIpc) is 3.27. The second-order valence-electron chi connectivity index (χ2n) is 7.09. The molecule has 1 aromatic carbocycles. The fraction of sp³-hybridized carbons (Fsp3) is 0.556. The number of rotatable bonds is 3. The summed E-state index contributed by atoms with van der Waals surface area (Å²) < 4.78 is 0. The summed E-state index contributed by atoms with van der Waals surface area (Å²) in [6.45, 7) is 2.48. The molecule has 2 aromatic rings. The Kier molecular flexibility index (Phi) is 3.09. The van der Waals surface area contributed by atoms with Crippen LogP contribution < -0.4 is 5.32 Å². The van der Waals surface area contributed by atoms with Crippen LogP contribution in [0.3, 0.4) is 0 Å². The molecule has 2 fully saturated rings.